The molecule has 0 saturated carbocycles. The van der Waals surface area contributed by atoms with Crippen molar-refractivity contribution in [3.63, 3.8) is 0 Å². The van der Waals surface area contributed by atoms with Crippen molar-refractivity contribution in [2.24, 2.45) is 4.99 Å². The number of hydrogen-bond acceptors (Lipinski definition) is 5. The first-order valence-electron chi connectivity index (χ1n) is 7.79. The molecule has 1 aliphatic rings. The van der Waals surface area contributed by atoms with Crippen LogP contribution in [0.1, 0.15) is 6.42 Å². The van der Waals surface area contributed by atoms with Gasteiger partial charge in [0.2, 0.25) is 11.8 Å². The van der Waals surface area contributed by atoms with E-state index in [0.29, 0.717) is 27.3 Å². The van der Waals surface area contributed by atoms with E-state index >= 15 is 0 Å². The Bertz CT molecular complexity index is 838. The number of carbonyl (C=O) groups is 2. The number of amides is 2. The predicted octanol–water partition coefficient (Wildman–Crippen LogP) is 3.60. The van der Waals surface area contributed by atoms with Gasteiger partial charge in [0.25, 0.3) is 0 Å². The van der Waals surface area contributed by atoms with E-state index in [1.165, 1.54) is 11.8 Å². The molecule has 8 heteroatoms. The normalized spacial score (nSPS) is 17.8. The molecule has 2 aromatic rings. The van der Waals surface area contributed by atoms with Crippen LogP contribution in [-0.4, -0.2) is 29.3 Å². The number of carbonyl (C=O) groups excluding carboxylic acids is 2. The molecule has 134 valence electrons. The smallest absolute Gasteiger partial charge is 0.240 e. The summed E-state index contributed by atoms with van der Waals surface area (Å²) in [4.78, 5) is 28.6. The Labute approximate surface area is 160 Å². The van der Waals surface area contributed by atoms with E-state index in [2.05, 4.69) is 15.6 Å². The number of ether oxygens (including phenoxy) is 1. The number of nitrogens with zero attached hydrogens (tertiary/aromatic N) is 1. The molecule has 1 fully saturated rings. The van der Waals surface area contributed by atoms with E-state index in [1.807, 2.05) is 0 Å². The Balaban J connectivity index is 1.58. The Morgan fingerprint density at radius 2 is 1.92 bits per heavy atom. The molecule has 1 saturated heterocycles. The highest BCUT2D eigenvalue weighted by molar-refractivity contribution is 8.15. The van der Waals surface area contributed by atoms with Gasteiger partial charge in [-0.15, -0.1) is 0 Å². The van der Waals surface area contributed by atoms with Crippen molar-refractivity contribution in [1.82, 2.24) is 5.32 Å². The summed E-state index contributed by atoms with van der Waals surface area (Å²) in [6.07, 6.45) is 0.0577. The van der Waals surface area contributed by atoms with Gasteiger partial charge in [0, 0.05) is 17.1 Å². The minimum Gasteiger partial charge on any atom is -0.497 e. The molecule has 0 unspecified atom stereocenters. The molecule has 2 N–H and O–H groups in total. The SMILES string of the molecule is COc1ccc(NC(=O)C[C@H]2SC(=Nc3ccc(Cl)cc3)NC2=O)cc1. The Morgan fingerprint density at radius 1 is 1.23 bits per heavy atom. The number of nitrogens with one attached hydrogen (secondary N) is 2. The van der Waals surface area contributed by atoms with E-state index in [0.717, 1.165) is 0 Å². The van der Waals surface area contributed by atoms with Crippen molar-refractivity contribution < 1.29 is 14.3 Å². The van der Waals surface area contributed by atoms with Gasteiger partial charge in [-0.05, 0) is 48.5 Å². The Morgan fingerprint density at radius 3 is 2.58 bits per heavy atom. The van der Waals surface area contributed by atoms with Crippen LogP contribution in [-0.2, 0) is 9.59 Å². The maximum Gasteiger partial charge on any atom is 0.240 e. The molecule has 0 spiro atoms. The lowest BCUT2D eigenvalue weighted by atomic mass is 10.2. The zero-order chi connectivity index (χ0) is 18.5. The van der Waals surface area contributed by atoms with Gasteiger partial charge in [-0.3, -0.25) is 9.59 Å². The molecule has 0 bridgehead atoms. The number of amidine groups is 1. The average Bonchev–Trinajstić information content (AvgIpc) is 2.96. The van der Waals surface area contributed by atoms with Gasteiger partial charge in [0.1, 0.15) is 11.0 Å². The first-order valence-corrected chi connectivity index (χ1v) is 9.05. The van der Waals surface area contributed by atoms with Crippen LogP contribution in [0.5, 0.6) is 5.75 Å². The van der Waals surface area contributed by atoms with Gasteiger partial charge in [0.05, 0.1) is 12.8 Å². The van der Waals surface area contributed by atoms with E-state index in [-0.39, 0.29) is 18.2 Å². The molecule has 26 heavy (non-hydrogen) atoms. The fraction of sp³-hybridized carbons (Fsp3) is 0.167. The highest BCUT2D eigenvalue weighted by Gasteiger charge is 2.32. The fourth-order valence-corrected chi connectivity index (χ4v) is 3.39. The van der Waals surface area contributed by atoms with E-state index < -0.39 is 5.25 Å². The van der Waals surface area contributed by atoms with Crippen LogP contribution < -0.4 is 15.4 Å². The second kappa shape index (κ2) is 8.25. The molecule has 1 atom stereocenters. The van der Waals surface area contributed by atoms with Gasteiger partial charge < -0.3 is 15.4 Å². The number of benzene rings is 2. The van der Waals surface area contributed by atoms with Gasteiger partial charge in [0.15, 0.2) is 5.17 Å². The lowest BCUT2D eigenvalue weighted by Gasteiger charge is -2.08. The molecule has 3 rings (SSSR count). The second-order valence-electron chi connectivity index (χ2n) is 5.47. The van der Waals surface area contributed by atoms with Crippen molar-refractivity contribution in [1.29, 1.82) is 0 Å². The number of methoxy groups -OCH3 is 1. The zero-order valence-corrected chi connectivity index (χ0v) is 15.4. The van der Waals surface area contributed by atoms with Crippen molar-refractivity contribution in [2.75, 3.05) is 12.4 Å². The topological polar surface area (TPSA) is 79.8 Å². The summed E-state index contributed by atoms with van der Waals surface area (Å²) in [5, 5.41) is 6.04. The third kappa shape index (κ3) is 4.77. The molecule has 1 aliphatic heterocycles. The molecule has 0 aliphatic carbocycles. The summed E-state index contributed by atoms with van der Waals surface area (Å²) >= 11 is 7.08. The number of aliphatic imine (C=N–C) groups is 1. The highest BCUT2D eigenvalue weighted by Crippen LogP contribution is 2.26. The lowest BCUT2D eigenvalue weighted by molar-refractivity contribution is -0.122. The van der Waals surface area contributed by atoms with Crippen molar-refractivity contribution in [3.8, 4) is 5.75 Å². The number of hydrogen-bond donors (Lipinski definition) is 2. The van der Waals surface area contributed by atoms with Crippen LogP contribution in [0, 0.1) is 0 Å². The molecular weight excluding hydrogens is 374 g/mol. The first-order chi connectivity index (χ1) is 12.5. The lowest BCUT2D eigenvalue weighted by Crippen LogP contribution is -2.28. The van der Waals surface area contributed by atoms with Crippen LogP contribution in [0.25, 0.3) is 0 Å². The molecule has 2 aromatic carbocycles. The van der Waals surface area contributed by atoms with Crippen molar-refractivity contribution >= 4 is 51.7 Å². The maximum absolute atomic E-state index is 12.2. The average molecular weight is 390 g/mol. The third-order valence-corrected chi connectivity index (χ3v) is 4.91. The molecule has 2 amide bonds. The van der Waals surface area contributed by atoms with Crippen molar-refractivity contribution in [3.05, 3.63) is 53.6 Å². The van der Waals surface area contributed by atoms with E-state index in [4.69, 9.17) is 16.3 Å². The Hall–Kier alpha value is -2.51. The molecular formula is C18H16ClN3O3S. The monoisotopic (exact) mass is 389 g/mol. The number of halogens is 1. The van der Waals surface area contributed by atoms with E-state index in [1.54, 1.807) is 55.6 Å². The summed E-state index contributed by atoms with van der Waals surface area (Å²) in [6.45, 7) is 0. The van der Waals surface area contributed by atoms with Crippen LogP contribution in [0.15, 0.2) is 53.5 Å². The quantitative estimate of drug-likeness (QED) is 0.818. The van der Waals surface area contributed by atoms with Crippen molar-refractivity contribution in [2.45, 2.75) is 11.7 Å². The fourth-order valence-electron chi connectivity index (χ4n) is 2.28. The predicted molar refractivity (Wildman–Crippen MR) is 104 cm³/mol. The minimum absolute atomic E-state index is 0.0577. The maximum atomic E-state index is 12.2. The second-order valence-corrected chi connectivity index (χ2v) is 7.10. The van der Waals surface area contributed by atoms with Crippen LogP contribution in [0.2, 0.25) is 5.02 Å². The van der Waals surface area contributed by atoms with Crippen LogP contribution >= 0.6 is 23.4 Å². The first kappa shape index (κ1) is 18.3. The number of rotatable bonds is 5. The van der Waals surface area contributed by atoms with Gasteiger partial charge in [-0.2, -0.15) is 0 Å². The molecule has 0 radical (unpaired) electrons. The number of thioether (sulfide) groups is 1. The molecule has 6 nitrogen and oxygen atoms in total. The summed E-state index contributed by atoms with van der Waals surface area (Å²) in [6, 6.07) is 14.0. The summed E-state index contributed by atoms with van der Waals surface area (Å²) in [5.74, 6) is 0.236. The van der Waals surface area contributed by atoms with E-state index in [9.17, 15) is 9.59 Å². The van der Waals surface area contributed by atoms with Gasteiger partial charge >= 0.3 is 0 Å². The molecule has 0 aromatic heterocycles. The Kier molecular flexibility index (Phi) is 5.80. The highest BCUT2D eigenvalue weighted by atomic mass is 35.5. The largest absolute Gasteiger partial charge is 0.497 e. The summed E-state index contributed by atoms with van der Waals surface area (Å²) in [5.41, 5.74) is 1.33. The van der Waals surface area contributed by atoms with Gasteiger partial charge in [-0.25, -0.2) is 4.99 Å². The number of anilines is 1. The van der Waals surface area contributed by atoms with Crippen LogP contribution in [0.3, 0.4) is 0 Å². The third-order valence-electron chi connectivity index (χ3n) is 3.58. The van der Waals surface area contributed by atoms with Gasteiger partial charge in [-0.1, -0.05) is 23.4 Å². The summed E-state index contributed by atoms with van der Waals surface area (Å²) < 4.78 is 5.07. The van der Waals surface area contributed by atoms with Crippen LogP contribution in [0.4, 0.5) is 11.4 Å². The summed E-state index contributed by atoms with van der Waals surface area (Å²) in [7, 11) is 1.58. The zero-order valence-electron chi connectivity index (χ0n) is 13.9. The standard InChI is InChI=1S/C18H16ClN3O3S/c1-25-14-8-6-12(7-9-14)20-16(23)10-15-17(24)22-18(26-15)21-13-4-2-11(19)3-5-13/h2-9,15H,10H2,1H3,(H,20,23)(H,21,22,24)/t15-/m1/s1. The minimum atomic E-state index is -0.515. The molecule has 1 heterocycles.